The summed E-state index contributed by atoms with van der Waals surface area (Å²) in [7, 11) is 1.81. The predicted octanol–water partition coefficient (Wildman–Crippen LogP) is 2.09. The molecule has 15 heavy (non-hydrogen) atoms. The second kappa shape index (κ2) is 7.85. The van der Waals surface area contributed by atoms with Gasteiger partial charge in [-0.3, -0.25) is 4.99 Å². The summed E-state index contributed by atoms with van der Waals surface area (Å²) in [6.07, 6.45) is 4.53. The van der Waals surface area contributed by atoms with Crippen LogP contribution in [0.2, 0.25) is 0 Å². The van der Waals surface area contributed by atoms with Gasteiger partial charge in [0.2, 0.25) is 0 Å². The van der Waals surface area contributed by atoms with Crippen molar-refractivity contribution in [2.75, 3.05) is 26.4 Å². The van der Waals surface area contributed by atoms with E-state index in [1.54, 1.807) is 0 Å². The Balaban J connectivity index is 3.81. The molecule has 0 saturated carbocycles. The molecule has 0 spiro atoms. The van der Waals surface area contributed by atoms with Crippen LogP contribution in [0, 0.1) is 0 Å². The number of unbranched alkanes of at least 4 members (excludes halogenated alkanes) is 1. The third-order valence-electron chi connectivity index (χ3n) is 2.28. The molecule has 0 radical (unpaired) electrons. The summed E-state index contributed by atoms with van der Waals surface area (Å²) in [5.74, 6) is 0.908. The fourth-order valence-corrected chi connectivity index (χ4v) is 1.19. The molecule has 0 saturated heterocycles. The van der Waals surface area contributed by atoms with E-state index in [1.165, 1.54) is 12.8 Å². The van der Waals surface area contributed by atoms with Gasteiger partial charge in [-0.2, -0.15) is 11.8 Å². The molecular weight excluding hydrogens is 206 g/mol. The van der Waals surface area contributed by atoms with Crippen LogP contribution in [0.4, 0.5) is 0 Å². The molecule has 0 aromatic carbocycles. The molecular formula is C11H25N3S. The van der Waals surface area contributed by atoms with Gasteiger partial charge in [-0.1, -0.05) is 13.3 Å². The third kappa shape index (κ3) is 7.54. The monoisotopic (exact) mass is 231 g/mol. The highest BCUT2D eigenvalue weighted by Gasteiger charge is 2.15. The molecule has 0 unspecified atom stereocenters. The van der Waals surface area contributed by atoms with Crippen molar-refractivity contribution in [1.29, 1.82) is 0 Å². The van der Waals surface area contributed by atoms with Crippen LogP contribution in [-0.2, 0) is 0 Å². The average Bonchev–Trinajstić information content (AvgIpc) is 2.23. The van der Waals surface area contributed by atoms with Crippen LogP contribution < -0.4 is 10.6 Å². The summed E-state index contributed by atoms with van der Waals surface area (Å²) in [6.45, 7) is 8.57. The first kappa shape index (κ1) is 14.6. The molecule has 0 aliphatic heterocycles. The molecule has 4 heteroatoms. The topological polar surface area (TPSA) is 36.4 Å². The van der Waals surface area contributed by atoms with E-state index >= 15 is 0 Å². The minimum atomic E-state index is 0.252. The Kier molecular flexibility index (Phi) is 7.65. The molecule has 2 N–H and O–H groups in total. The van der Waals surface area contributed by atoms with Gasteiger partial charge in [0.05, 0.1) is 0 Å². The lowest BCUT2D eigenvalue weighted by Crippen LogP contribution is -2.43. The minimum Gasteiger partial charge on any atom is -0.356 e. The van der Waals surface area contributed by atoms with Crippen LogP contribution in [0.3, 0.4) is 0 Å². The van der Waals surface area contributed by atoms with Crippen molar-refractivity contribution in [1.82, 2.24) is 10.6 Å². The number of rotatable bonds is 6. The van der Waals surface area contributed by atoms with Gasteiger partial charge in [0, 0.05) is 24.9 Å². The van der Waals surface area contributed by atoms with E-state index in [4.69, 9.17) is 0 Å². The van der Waals surface area contributed by atoms with Crippen molar-refractivity contribution in [3.63, 3.8) is 0 Å². The Labute approximate surface area is 98.5 Å². The highest BCUT2D eigenvalue weighted by Crippen LogP contribution is 2.19. The van der Waals surface area contributed by atoms with E-state index < -0.39 is 0 Å². The zero-order valence-corrected chi connectivity index (χ0v) is 11.5. The molecule has 0 aliphatic carbocycles. The first-order valence-corrected chi connectivity index (χ1v) is 6.78. The molecule has 0 heterocycles. The predicted molar refractivity (Wildman–Crippen MR) is 71.9 cm³/mol. The number of hydrogen-bond acceptors (Lipinski definition) is 2. The number of aliphatic imine (C=N–C) groups is 1. The normalized spacial score (nSPS) is 12.7. The molecule has 0 aromatic heterocycles. The van der Waals surface area contributed by atoms with Crippen molar-refractivity contribution in [3.8, 4) is 0 Å². The number of hydrogen-bond donors (Lipinski definition) is 2. The van der Waals surface area contributed by atoms with Crippen LogP contribution in [0.5, 0.6) is 0 Å². The molecule has 0 fully saturated rings. The van der Waals surface area contributed by atoms with E-state index in [0.29, 0.717) is 0 Å². The smallest absolute Gasteiger partial charge is 0.191 e. The Morgan fingerprint density at radius 3 is 2.47 bits per heavy atom. The quantitative estimate of drug-likeness (QED) is 0.417. The number of thioether (sulfide) groups is 1. The second-order valence-electron chi connectivity index (χ2n) is 4.17. The fraction of sp³-hybridized carbons (Fsp3) is 0.909. The van der Waals surface area contributed by atoms with Gasteiger partial charge in [-0.25, -0.2) is 0 Å². The van der Waals surface area contributed by atoms with Crippen LogP contribution in [-0.4, -0.2) is 37.1 Å². The lowest BCUT2D eigenvalue weighted by Gasteiger charge is -2.23. The second-order valence-corrected chi connectivity index (χ2v) is 5.68. The van der Waals surface area contributed by atoms with Crippen LogP contribution in [0.15, 0.2) is 4.99 Å². The highest BCUT2D eigenvalue weighted by atomic mass is 32.2. The summed E-state index contributed by atoms with van der Waals surface area (Å²) in [6, 6.07) is 0. The summed E-state index contributed by atoms with van der Waals surface area (Å²) in [5, 5.41) is 6.63. The molecule has 3 nitrogen and oxygen atoms in total. The van der Waals surface area contributed by atoms with Crippen LogP contribution in [0.25, 0.3) is 0 Å². The third-order valence-corrected chi connectivity index (χ3v) is 3.53. The van der Waals surface area contributed by atoms with Gasteiger partial charge in [-0.05, 0) is 26.5 Å². The summed E-state index contributed by atoms with van der Waals surface area (Å²) in [4.78, 5) is 4.18. The van der Waals surface area contributed by atoms with Gasteiger partial charge < -0.3 is 10.6 Å². The first-order chi connectivity index (χ1) is 7.05. The molecule has 0 atom stereocenters. The Hall–Kier alpha value is -0.380. The SMILES string of the molecule is CCCCNC(=NC)NCC(C)(C)SC. The number of nitrogens with one attached hydrogen (secondary N) is 2. The number of nitrogens with zero attached hydrogens (tertiary/aromatic N) is 1. The Bertz CT molecular complexity index is 190. The zero-order valence-electron chi connectivity index (χ0n) is 10.7. The van der Waals surface area contributed by atoms with Crippen molar-refractivity contribution >= 4 is 17.7 Å². The average molecular weight is 231 g/mol. The number of guanidine groups is 1. The minimum absolute atomic E-state index is 0.252. The molecule has 0 amide bonds. The van der Waals surface area contributed by atoms with Crippen LogP contribution >= 0.6 is 11.8 Å². The molecule has 90 valence electrons. The maximum atomic E-state index is 4.18. The largest absolute Gasteiger partial charge is 0.356 e. The van der Waals surface area contributed by atoms with E-state index in [2.05, 4.69) is 42.7 Å². The van der Waals surface area contributed by atoms with E-state index in [-0.39, 0.29) is 4.75 Å². The van der Waals surface area contributed by atoms with Crippen molar-refractivity contribution in [2.45, 2.75) is 38.4 Å². The van der Waals surface area contributed by atoms with Crippen LogP contribution in [0.1, 0.15) is 33.6 Å². The summed E-state index contributed by atoms with van der Waals surface area (Å²) in [5.41, 5.74) is 0. The Morgan fingerprint density at radius 2 is 2.00 bits per heavy atom. The van der Waals surface area contributed by atoms with E-state index in [1.807, 2.05) is 18.8 Å². The van der Waals surface area contributed by atoms with Crippen molar-refractivity contribution in [3.05, 3.63) is 0 Å². The van der Waals surface area contributed by atoms with Gasteiger partial charge in [0.15, 0.2) is 5.96 Å². The molecule has 0 bridgehead atoms. The van der Waals surface area contributed by atoms with Gasteiger partial charge in [0.25, 0.3) is 0 Å². The lowest BCUT2D eigenvalue weighted by atomic mass is 10.2. The molecule has 0 aromatic rings. The Morgan fingerprint density at radius 1 is 1.33 bits per heavy atom. The zero-order chi connectivity index (χ0) is 11.7. The molecule has 0 rings (SSSR count). The van der Waals surface area contributed by atoms with Gasteiger partial charge in [-0.15, -0.1) is 0 Å². The summed E-state index contributed by atoms with van der Waals surface area (Å²) >= 11 is 1.86. The lowest BCUT2D eigenvalue weighted by molar-refractivity contribution is 0.657. The van der Waals surface area contributed by atoms with Crippen molar-refractivity contribution in [2.24, 2.45) is 4.99 Å². The van der Waals surface area contributed by atoms with E-state index in [9.17, 15) is 0 Å². The maximum absolute atomic E-state index is 4.18. The van der Waals surface area contributed by atoms with Gasteiger partial charge >= 0.3 is 0 Å². The van der Waals surface area contributed by atoms with Gasteiger partial charge in [0.1, 0.15) is 0 Å². The maximum Gasteiger partial charge on any atom is 0.191 e. The van der Waals surface area contributed by atoms with E-state index in [0.717, 1.165) is 19.0 Å². The highest BCUT2D eigenvalue weighted by molar-refractivity contribution is 7.99. The van der Waals surface area contributed by atoms with Crippen molar-refractivity contribution < 1.29 is 0 Å². The summed E-state index contributed by atoms with van der Waals surface area (Å²) < 4.78 is 0.252. The fourth-order valence-electron chi connectivity index (χ4n) is 0.973. The molecule has 0 aliphatic rings. The first-order valence-electron chi connectivity index (χ1n) is 5.55. The standard InChI is InChI=1S/C11H25N3S/c1-6-7-8-13-10(12-4)14-9-11(2,3)15-5/h6-9H2,1-5H3,(H2,12,13,14).